The van der Waals surface area contributed by atoms with Gasteiger partial charge < -0.3 is 10.1 Å². The maximum atomic E-state index is 12.8. The van der Waals surface area contributed by atoms with Crippen molar-refractivity contribution in [2.45, 2.75) is 13.3 Å². The number of amides is 6. The van der Waals surface area contributed by atoms with Crippen molar-refractivity contribution < 1.29 is 28.7 Å². The fourth-order valence-electron chi connectivity index (χ4n) is 2.89. The zero-order valence-corrected chi connectivity index (χ0v) is 17.8. The zero-order chi connectivity index (χ0) is 24.0. The summed E-state index contributed by atoms with van der Waals surface area (Å²) in [5, 5.41) is 8.45. The number of hydrogen-bond acceptors (Lipinski definition) is 7. The van der Waals surface area contributed by atoms with E-state index < -0.39 is 29.7 Å². The lowest BCUT2D eigenvalue weighted by Crippen LogP contribution is -2.58. The first kappa shape index (κ1) is 23.1. The summed E-state index contributed by atoms with van der Waals surface area (Å²) in [6.45, 7) is 1.72. The highest BCUT2D eigenvalue weighted by Crippen LogP contribution is 2.23. The maximum Gasteiger partial charge on any atom is 0.335 e. The molecule has 0 aromatic heterocycles. The normalized spacial score (nSPS) is 15.9. The van der Waals surface area contributed by atoms with Gasteiger partial charge in [-0.1, -0.05) is 6.92 Å². The van der Waals surface area contributed by atoms with Gasteiger partial charge in [0.05, 0.1) is 12.8 Å². The van der Waals surface area contributed by atoms with Crippen molar-refractivity contribution in [2.24, 2.45) is 11.0 Å². The smallest absolute Gasteiger partial charge is 0.335 e. The van der Waals surface area contributed by atoms with Crippen LogP contribution in [0.4, 0.5) is 16.2 Å². The van der Waals surface area contributed by atoms with E-state index in [2.05, 4.69) is 21.2 Å². The SMILES string of the molecule is CCC(=O)Nc1ccc(C(=O)N/N=C\[C@H]2C(=O)NC(=O)N(c3ccc(OC)cc3)C2=O)cc1. The Labute approximate surface area is 188 Å². The van der Waals surface area contributed by atoms with E-state index in [1.54, 1.807) is 31.2 Å². The Morgan fingerprint density at radius 2 is 1.76 bits per heavy atom. The highest BCUT2D eigenvalue weighted by molar-refractivity contribution is 6.32. The molecule has 0 unspecified atom stereocenters. The molecule has 6 amide bonds. The number of anilines is 2. The molecule has 33 heavy (non-hydrogen) atoms. The Morgan fingerprint density at radius 1 is 1.09 bits per heavy atom. The van der Waals surface area contributed by atoms with Crippen LogP contribution in [0.15, 0.2) is 53.6 Å². The van der Waals surface area contributed by atoms with Crippen molar-refractivity contribution in [1.29, 1.82) is 0 Å². The molecule has 1 fully saturated rings. The molecule has 0 bridgehead atoms. The minimum absolute atomic E-state index is 0.158. The number of barbiturate groups is 1. The summed E-state index contributed by atoms with van der Waals surface area (Å²) in [6, 6.07) is 11.3. The number of rotatable bonds is 7. The summed E-state index contributed by atoms with van der Waals surface area (Å²) in [5.41, 5.74) is 3.25. The summed E-state index contributed by atoms with van der Waals surface area (Å²) in [4.78, 5) is 61.6. The monoisotopic (exact) mass is 451 g/mol. The number of carbonyl (C=O) groups excluding carboxylic acids is 5. The van der Waals surface area contributed by atoms with E-state index in [1.807, 2.05) is 0 Å². The lowest BCUT2D eigenvalue weighted by Gasteiger charge is -2.28. The quantitative estimate of drug-likeness (QED) is 0.331. The number of methoxy groups -OCH3 is 1. The largest absolute Gasteiger partial charge is 0.497 e. The van der Waals surface area contributed by atoms with E-state index in [0.717, 1.165) is 11.1 Å². The molecular weight excluding hydrogens is 430 g/mol. The molecule has 3 rings (SSSR count). The van der Waals surface area contributed by atoms with Gasteiger partial charge in [0.2, 0.25) is 11.8 Å². The van der Waals surface area contributed by atoms with Crippen LogP contribution in [-0.2, 0) is 14.4 Å². The van der Waals surface area contributed by atoms with Crippen LogP contribution in [0.25, 0.3) is 0 Å². The van der Waals surface area contributed by atoms with Gasteiger partial charge in [-0.2, -0.15) is 5.10 Å². The molecule has 0 aliphatic carbocycles. The van der Waals surface area contributed by atoms with Gasteiger partial charge in [0.1, 0.15) is 5.75 Å². The van der Waals surface area contributed by atoms with Gasteiger partial charge in [0.25, 0.3) is 11.8 Å². The Hall–Kier alpha value is -4.54. The van der Waals surface area contributed by atoms with Crippen molar-refractivity contribution in [2.75, 3.05) is 17.3 Å². The predicted molar refractivity (Wildman–Crippen MR) is 119 cm³/mol. The Kier molecular flexibility index (Phi) is 7.13. The molecule has 2 aromatic carbocycles. The van der Waals surface area contributed by atoms with E-state index in [9.17, 15) is 24.0 Å². The number of imide groups is 2. The molecule has 11 heteroatoms. The van der Waals surface area contributed by atoms with Crippen LogP contribution in [0, 0.1) is 5.92 Å². The third-order valence-electron chi connectivity index (χ3n) is 4.67. The van der Waals surface area contributed by atoms with Gasteiger partial charge in [0.15, 0.2) is 5.92 Å². The molecule has 0 radical (unpaired) electrons. The van der Waals surface area contributed by atoms with Crippen molar-refractivity contribution in [3.8, 4) is 5.75 Å². The molecule has 1 aliphatic heterocycles. The highest BCUT2D eigenvalue weighted by Gasteiger charge is 2.40. The molecular formula is C22H21N5O6. The molecule has 2 aromatic rings. The van der Waals surface area contributed by atoms with Crippen molar-refractivity contribution in [3.63, 3.8) is 0 Å². The van der Waals surface area contributed by atoms with E-state index in [4.69, 9.17) is 4.74 Å². The molecule has 1 atom stereocenters. The highest BCUT2D eigenvalue weighted by atomic mass is 16.5. The Morgan fingerprint density at radius 3 is 2.36 bits per heavy atom. The van der Waals surface area contributed by atoms with Crippen molar-refractivity contribution in [3.05, 3.63) is 54.1 Å². The predicted octanol–water partition coefficient (Wildman–Crippen LogP) is 1.66. The molecule has 11 nitrogen and oxygen atoms in total. The maximum absolute atomic E-state index is 12.8. The van der Waals surface area contributed by atoms with E-state index in [0.29, 0.717) is 17.9 Å². The third kappa shape index (κ3) is 5.39. The molecule has 1 aliphatic rings. The summed E-state index contributed by atoms with van der Waals surface area (Å²) in [7, 11) is 1.48. The average Bonchev–Trinajstić information content (AvgIpc) is 2.81. The van der Waals surface area contributed by atoms with Crippen LogP contribution in [0.3, 0.4) is 0 Å². The summed E-state index contributed by atoms with van der Waals surface area (Å²) >= 11 is 0. The summed E-state index contributed by atoms with van der Waals surface area (Å²) < 4.78 is 5.05. The second-order valence-corrected chi connectivity index (χ2v) is 6.84. The number of hydrazone groups is 1. The Bertz CT molecular complexity index is 1110. The number of nitrogens with one attached hydrogen (secondary N) is 3. The van der Waals surface area contributed by atoms with Gasteiger partial charge in [-0.25, -0.2) is 15.1 Å². The van der Waals surface area contributed by atoms with Crippen LogP contribution in [0.5, 0.6) is 5.75 Å². The van der Waals surface area contributed by atoms with E-state index in [-0.39, 0.29) is 17.2 Å². The minimum Gasteiger partial charge on any atom is -0.497 e. The van der Waals surface area contributed by atoms with Crippen molar-refractivity contribution in [1.82, 2.24) is 10.7 Å². The standard InChI is InChI=1S/C22H21N5O6/c1-3-18(28)24-14-6-4-13(5-7-14)19(29)26-23-12-17-20(30)25-22(32)27(21(17)31)15-8-10-16(33-2)11-9-15/h4-12,17H,3H2,1-2H3,(H,24,28)(H,26,29)(H,25,30,32)/b23-12-/t17-/m0/s1. The molecule has 0 spiro atoms. The van der Waals surface area contributed by atoms with E-state index >= 15 is 0 Å². The second-order valence-electron chi connectivity index (χ2n) is 6.84. The molecule has 1 saturated heterocycles. The van der Waals surface area contributed by atoms with Crippen molar-refractivity contribution >= 4 is 47.2 Å². The van der Waals surface area contributed by atoms with Gasteiger partial charge in [-0.3, -0.25) is 24.5 Å². The van der Waals surface area contributed by atoms with Gasteiger partial charge in [0, 0.05) is 23.9 Å². The molecule has 0 saturated carbocycles. The van der Waals surface area contributed by atoms with Gasteiger partial charge >= 0.3 is 6.03 Å². The fraction of sp³-hybridized carbons (Fsp3) is 0.182. The Balaban J connectivity index is 1.67. The number of carbonyl (C=O) groups is 5. The van der Waals surface area contributed by atoms with Crippen LogP contribution in [-0.4, -0.2) is 43.0 Å². The molecule has 1 heterocycles. The number of hydrogen-bond donors (Lipinski definition) is 3. The first-order valence-corrected chi connectivity index (χ1v) is 9.90. The van der Waals surface area contributed by atoms with Gasteiger partial charge in [-0.15, -0.1) is 0 Å². The number of urea groups is 1. The van der Waals surface area contributed by atoms with Crippen LogP contribution in [0.2, 0.25) is 0 Å². The van der Waals surface area contributed by atoms with Crippen LogP contribution < -0.4 is 25.7 Å². The second kappa shape index (κ2) is 10.2. The molecule has 3 N–H and O–H groups in total. The average molecular weight is 451 g/mol. The summed E-state index contributed by atoms with van der Waals surface area (Å²) in [6.07, 6.45) is 1.28. The third-order valence-corrected chi connectivity index (χ3v) is 4.67. The first-order chi connectivity index (χ1) is 15.8. The number of benzene rings is 2. The topological polar surface area (TPSA) is 146 Å². The van der Waals surface area contributed by atoms with Crippen LogP contribution in [0.1, 0.15) is 23.7 Å². The van der Waals surface area contributed by atoms with E-state index in [1.165, 1.54) is 31.4 Å². The minimum atomic E-state index is -1.42. The number of ether oxygens (including phenoxy) is 1. The lowest BCUT2D eigenvalue weighted by atomic mass is 10.1. The zero-order valence-electron chi connectivity index (χ0n) is 17.8. The fourth-order valence-corrected chi connectivity index (χ4v) is 2.89. The molecule has 170 valence electrons. The van der Waals surface area contributed by atoms with Gasteiger partial charge in [-0.05, 0) is 48.5 Å². The number of nitrogens with zero attached hydrogens (tertiary/aromatic N) is 2. The first-order valence-electron chi connectivity index (χ1n) is 9.90. The summed E-state index contributed by atoms with van der Waals surface area (Å²) in [5.74, 6) is -3.31. The van der Waals surface area contributed by atoms with Crippen LogP contribution >= 0.6 is 0 Å². The lowest BCUT2D eigenvalue weighted by molar-refractivity contribution is -0.131.